The maximum Gasteiger partial charge on any atom is 0.234 e. The van der Waals surface area contributed by atoms with Gasteiger partial charge in [0.1, 0.15) is 11.6 Å². The van der Waals surface area contributed by atoms with Crippen LogP contribution in [-0.2, 0) is 11.3 Å². The lowest BCUT2D eigenvalue weighted by atomic mass is 10.1. The number of nitrogens with one attached hydrogen (secondary N) is 1. The van der Waals surface area contributed by atoms with E-state index in [0.29, 0.717) is 11.7 Å². The van der Waals surface area contributed by atoms with Gasteiger partial charge >= 0.3 is 0 Å². The molecule has 3 aromatic rings. The number of carbonyl (C=O) groups excluding carboxylic acids is 1. The molecule has 0 unspecified atom stereocenters. The van der Waals surface area contributed by atoms with Crippen LogP contribution < -0.4 is 5.32 Å². The first kappa shape index (κ1) is 20.0. The van der Waals surface area contributed by atoms with Crippen molar-refractivity contribution in [2.24, 2.45) is 0 Å². The molecule has 0 aliphatic rings. The fourth-order valence-electron chi connectivity index (χ4n) is 2.73. The molecule has 1 amide bonds. The molecule has 0 aliphatic heterocycles. The van der Waals surface area contributed by atoms with Gasteiger partial charge < -0.3 is 9.88 Å². The van der Waals surface area contributed by atoms with Gasteiger partial charge in [-0.15, -0.1) is 10.2 Å². The normalized spacial score (nSPS) is 10.9. The molecule has 5 nitrogen and oxygen atoms in total. The maximum atomic E-state index is 13.7. The average Bonchev–Trinajstić information content (AvgIpc) is 3.05. The predicted molar refractivity (Wildman–Crippen MR) is 106 cm³/mol. The summed E-state index contributed by atoms with van der Waals surface area (Å²) in [4.78, 5) is 12.2. The Labute approximate surface area is 166 Å². The van der Waals surface area contributed by atoms with Crippen molar-refractivity contribution in [3.05, 3.63) is 59.7 Å². The Morgan fingerprint density at radius 2 is 2.00 bits per heavy atom. The van der Waals surface area contributed by atoms with Gasteiger partial charge in [0.15, 0.2) is 11.0 Å². The van der Waals surface area contributed by atoms with Crippen molar-refractivity contribution in [1.29, 1.82) is 0 Å². The Bertz CT molecular complexity index is 990. The first-order chi connectivity index (χ1) is 13.5. The number of hydrogen-bond donors (Lipinski definition) is 1. The second kappa shape index (κ2) is 8.97. The molecule has 0 fully saturated rings. The highest BCUT2D eigenvalue weighted by Gasteiger charge is 2.16. The molecular formula is C20H20F2N4OS. The SMILES string of the molecule is CCCn1c(SCC(=O)Nc2ccc(F)cc2F)nnc1-c1cccc(C)c1. The van der Waals surface area contributed by atoms with Crippen LogP contribution in [0.5, 0.6) is 0 Å². The van der Waals surface area contributed by atoms with Crippen LogP contribution in [0.2, 0.25) is 0 Å². The molecule has 1 N–H and O–H groups in total. The molecular weight excluding hydrogens is 382 g/mol. The van der Waals surface area contributed by atoms with Crippen LogP contribution in [0.15, 0.2) is 47.6 Å². The van der Waals surface area contributed by atoms with Crippen LogP contribution in [0.3, 0.4) is 0 Å². The summed E-state index contributed by atoms with van der Waals surface area (Å²) >= 11 is 1.22. The van der Waals surface area contributed by atoms with Crippen molar-refractivity contribution < 1.29 is 13.6 Å². The summed E-state index contributed by atoms with van der Waals surface area (Å²) in [6.45, 7) is 4.78. The summed E-state index contributed by atoms with van der Waals surface area (Å²) in [5.74, 6) is -1.13. The maximum absolute atomic E-state index is 13.7. The van der Waals surface area contributed by atoms with E-state index in [1.54, 1.807) is 0 Å². The molecule has 0 bridgehead atoms. The van der Waals surface area contributed by atoms with E-state index in [1.807, 2.05) is 35.8 Å². The van der Waals surface area contributed by atoms with Gasteiger partial charge in [-0.3, -0.25) is 4.79 Å². The Balaban J connectivity index is 1.72. The molecule has 0 spiro atoms. The van der Waals surface area contributed by atoms with Gasteiger partial charge in [0.2, 0.25) is 5.91 Å². The third kappa shape index (κ3) is 4.75. The summed E-state index contributed by atoms with van der Waals surface area (Å²) in [5.41, 5.74) is 2.03. The van der Waals surface area contributed by atoms with Gasteiger partial charge in [-0.05, 0) is 31.5 Å². The Morgan fingerprint density at radius 3 is 2.71 bits per heavy atom. The van der Waals surface area contributed by atoms with E-state index in [-0.39, 0.29) is 11.4 Å². The lowest BCUT2D eigenvalue weighted by Crippen LogP contribution is -2.15. The van der Waals surface area contributed by atoms with Crippen molar-refractivity contribution in [2.75, 3.05) is 11.1 Å². The van der Waals surface area contributed by atoms with Gasteiger partial charge in [0, 0.05) is 18.2 Å². The number of amides is 1. The summed E-state index contributed by atoms with van der Waals surface area (Å²) in [5, 5.41) is 11.6. The molecule has 28 heavy (non-hydrogen) atoms. The number of halogens is 2. The third-order valence-electron chi connectivity index (χ3n) is 3.98. The zero-order valence-corrected chi connectivity index (χ0v) is 16.4. The topological polar surface area (TPSA) is 59.8 Å². The summed E-state index contributed by atoms with van der Waals surface area (Å²) in [7, 11) is 0. The monoisotopic (exact) mass is 402 g/mol. The largest absolute Gasteiger partial charge is 0.323 e. The number of benzene rings is 2. The number of anilines is 1. The van der Waals surface area contributed by atoms with Crippen molar-refractivity contribution in [3.8, 4) is 11.4 Å². The van der Waals surface area contributed by atoms with Crippen LogP contribution >= 0.6 is 11.8 Å². The van der Waals surface area contributed by atoms with Crippen molar-refractivity contribution in [3.63, 3.8) is 0 Å². The summed E-state index contributed by atoms with van der Waals surface area (Å²) in [6.07, 6.45) is 0.886. The lowest BCUT2D eigenvalue weighted by molar-refractivity contribution is -0.113. The number of aryl methyl sites for hydroxylation is 1. The minimum absolute atomic E-state index is 0.0342. The number of rotatable bonds is 7. The number of hydrogen-bond acceptors (Lipinski definition) is 4. The highest BCUT2D eigenvalue weighted by molar-refractivity contribution is 7.99. The number of thioether (sulfide) groups is 1. The summed E-state index contributed by atoms with van der Waals surface area (Å²) < 4.78 is 28.6. The van der Waals surface area contributed by atoms with Crippen molar-refractivity contribution >= 4 is 23.4 Å². The van der Waals surface area contributed by atoms with Crippen molar-refractivity contribution in [1.82, 2.24) is 14.8 Å². The highest BCUT2D eigenvalue weighted by atomic mass is 32.2. The zero-order chi connectivity index (χ0) is 20.1. The lowest BCUT2D eigenvalue weighted by Gasteiger charge is -2.10. The van der Waals surface area contributed by atoms with Crippen LogP contribution in [0.25, 0.3) is 11.4 Å². The van der Waals surface area contributed by atoms with E-state index in [2.05, 4.69) is 22.4 Å². The van der Waals surface area contributed by atoms with Gasteiger partial charge in [-0.1, -0.05) is 42.4 Å². The second-order valence-electron chi connectivity index (χ2n) is 6.29. The summed E-state index contributed by atoms with van der Waals surface area (Å²) in [6, 6.07) is 11.0. The Hall–Kier alpha value is -2.74. The second-order valence-corrected chi connectivity index (χ2v) is 7.23. The van der Waals surface area contributed by atoms with E-state index in [4.69, 9.17) is 0 Å². The fourth-order valence-corrected chi connectivity index (χ4v) is 3.49. The zero-order valence-electron chi connectivity index (χ0n) is 15.6. The van der Waals surface area contributed by atoms with E-state index < -0.39 is 17.5 Å². The molecule has 1 heterocycles. The number of nitrogens with zero attached hydrogens (tertiary/aromatic N) is 3. The molecule has 2 aromatic carbocycles. The minimum Gasteiger partial charge on any atom is -0.323 e. The molecule has 0 atom stereocenters. The minimum atomic E-state index is -0.811. The van der Waals surface area contributed by atoms with Gasteiger partial charge in [0.05, 0.1) is 11.4 Å². The standard InChI is InChI=1S/C20H20F2N4OS/c1-3-9-26-19(14-6-4-5-13(2)10-14)24-25-20(26)28-12-18(27)23-17-8-7-15(21)11-16(17)22/h4-8,10-11H,3,9,12H2,1-2H3,(H,23,27). The predicted octanol–water partition coefficient (Wildman–Crippen LogP) is 4.67. The first-order valence-electron chi connectivity index (χ1n) is 8.86. The smallest absolute Gasteiger partial charge is 0.234 e. The van der Waals surface area contributed by atoms with E-state index in [0.717, 1.165) is 35.5 Å². The van der Waals surface area contributed by atoms with Crippen molar-refractivity contribution in [2.45, 2.75) is 32.0 Å². The average molecular weight is 402 g/mol. The third-order valence-corrected chi connectivity index (χ3v) is 4.94. The molecule has 146 valence electrons. The first-order valence-corrected chi connectivity index (χ1v) is 9.84. The highest BCUT2D eigenvalue weighted by Crippen LogP contribution is 2.25. The van der Waals surface area contributed by atoms with Crippen LogP contribution in [0.1, 0.15) is 18.9 Å². The molecule has 0 saturated heterocycles. The fraction of sp³-hybridized carbons (Fsp3) is 0.250. The van der Waals surface area contributed by atoms with Crippen LogP contribution in [0.4, 0.5) is 14.5 Å². The molecule has 0 aliphatic carbocycles. The van der Waals surface area contributed by atoms with Gasteiger partial charge in [-0.25, -0.2) is 8.78 Å². The number of carbonyl (C=O) groups is 1. The van der Waals surface area contributed by atoms with E-state index in [1.165, 1.54) is 17.8 Å². The number of aromatic nitrogens is 3. The van der Waals surface area contributed by atoms with E-state index in [9.17, 15) is 13.6 Å². The molecule has 0 radical (unpaired) electrons. The quantitative estimate of drug-likeness (QED) is 0.584. The molecule has 1 aromatic heterocycles. The van der Waals surface area contributed by atoms with Crippen LogP contribution in [-0.4, -0.2) is 26.4 Å². The molecule has 0 saturated carbocycles. The van der Waals surface area contributed by atoms with Crippen LogP contribution in [0, 0.1) is 18.6 Å². The van der Waals surface area contributed by atoms with Gasteiger partial charge in [-0.2, -0.15) is 0 Å². The molecule has 3 rings (SSSR count). The molecule has 8 heteroatoms. The van der Waals surface area contributed by atoms with E-state index >= 15 is 0 Å². The Kier molecular flexibility index (Phi) is 6.41. The Morgan fingerprint density at radius 1 is 1.18 bits per heavy atom. The van der Waals surface area contributed by atoms with Gasteiger partial charge in [0.25, 0.3) is 0 Å².